The molecule has 2 rings (SSSR count). The Balaban J connectivity index is 2.26. The molecule has 1 unspecified atom stereocenters. The Labute approximate surface area is 103 Å². The molecule has 0 radical (unpaired) electrons. The van der Waals surface area contributed by atoms with E-state index in [9.17, 15) is 9.59 Å². The number of Topliss-reactive ketones (excluding diaryl/α,β-unsaturated/α-hetero) is 1. The first-order valence-corrected chi connectivity index (χ1v) is 6.24. The minimum absolute atomic E-state index is 0.00611. The molecule has 92 valence electrons. The summed E-state index contributed by atoms with van der Waals surface area (Å²) in [7, 11) is 0. The van der Waals surface area contributed by atoms with E-state index in [0.29, 0.717) is 28.7 Å². The Morgan fingerprint density at radius 1 is 1.65 bits per heavy atom. The monoisotopic (exact) mass is 254 g/mol. The minimum Gasteiger partial charge on any atom is -0.396 e. The Hall–Kier alpha value is -1.27. The van der Waals surface area contributed by atoms with Crippen molar-refractivity contribution in [2.24, 2.45) is 5.92 Å². The molecule has 1 aromatic rings. The number of carbonyl (C=O) groups is 2. The molecule has 0 bridgehead atoms. The molecule has 1 atom stereocenters. The van der Waals surface area contributed by atoms with Crippen LogP contribution < -0.4 is 4.90 Å². The van der Waals surface area contributed by atoms with Gasteiger partial charge < -0.3 is 5.11 Å². The van der Waals surface area contributed by atoms with Crippen LogP contribution in [0.25, 0.3) is 0 Å². The third-order valence-corrected chi connectivity index (χ3v) is 4.08. The van der Waals surface area contributed by atoms with Crippen LogP contribution in [0.5, 0.6) is 0 Å². The van der Waals surface area contributed by atoms with Gasteiger partial charge >= 0.3 is 0 Å². The number of aliphatic hydroxyl groups is 1. The zero-order chi connectivity index (χ0) is 12.6. The fraction of sp³-hybridized carbons (Fsp3) is 0.545. The van der Waals surface area contributed by atoms with E-state index in [1.807, 2.05) is 0 Å². The normalized spacial score (nSPS) is 20.1. The van der Waals surface area contributed by atoms with Crippen molar-refractivity contribution in [1.29, 1.82) is 0 Å². The van der Waals surface area contributed by atoms with Crippen molar-refractivity contribution >= 4 is 28.2 Å². The summed E-state index contributed by atoms with van der Waals surface area (Å²) in [6.07, 6.45) is 0.352. The molecule has 1 fully saturated rings. The zero-order valence-corrected chi connectivity index (χ0v) is 10.6. The van der Waals surface area contributed by atoms with E-state index >= 15 is 0 Å². The largest absolute Gasteiger partial charge is 0.396 e. The van der Waals surface area contributed by atoms with Gasteiger partial charge in [-0.05, 0) is 6.92 Å². The van der Waals surface area contributed by atoms with Crippen molar-refractivity contribution in [1.82, 2.24) is 4.98 Å². The number of aromatic nitrogens is 1. The van der Waals surface area contributed by atoms with Crippen LogP contribution >= 0.6 is 11.3 Å². The van der Waals surface area contributed by atoms with E-state index in [2.05, 4.69) is 4.98 Å². The average Bonchev–Trinajstić information content (AvgIpc) is 2.81. The minimum atomic E-state index is -0.0343. The first-order valence-electron chi connectivity index (χ1n) is 5.42. The lowest BCUT2D eigenvalue weighted by Gasteiger charge is -2.11. The Morgan fingerprint density at radius 3 is 2.82 bits per heavy atom. The highest BCUT2D eigenvalue weighted by Crippen LogP contribution is 2.31. The molecule has 1 aromatic heterocycles. The molecule has 1 amide bonds. The molecule has 2 heterocycles. The molecule has 6 heteroatoms. The van der Waals surface area contributed by atoms with Crippen LogP contribution in [0.1, 0.15) is 28.7 Å². The quantitative estimate of drug-likeness (QED) is 0.817. The lowest BCUT2D eigenvalue weighted by Crippen LogP contribution is -2.24. The predicted octanol–water partition coefficient (Wildman–Crippen LogP) is 0.999. The standard InChI is InChI=1S/C11H14N2O3S/c1-6-10(7(2)15)17-11(12-6)13-4-8(5-14)3-9(13)16/h8,14H,3-5H2,1-2H3. The number of nitrogens with zero attached hydrogens (tertiary/aromatic N) is 2. The van der Waals surface area contributed by atoms with Gasteiger partial charge in [-0.3, -0.25) is 14.5 Å². The number of hydrogen-bond donors (Lipinski definition) is 1. The molecule has 0 aromatic carbocycles. The lowest BCUT2D eigenvalue weighted by atomic mass is 10.1. The van der Waals surface area contributed by atoms with Gasteiger partial charge in [0.05, 0.1) is 10.6 Å². The summed E-state index contributed by atoms with van der Waals surface area (Å²) in [5, 5.41) is 9.61. The fourth-order valence-corrected chi connectivity index (χ4v) is 2.90. The van der Waals surface area contributed by atoms with Crippen LogP contribution in [-0.2, 0) is 4.79 Å². The second kappa shape index (κ2) is 4.54. The van der Waals surface area contributed by atoms with Crippen LogP contribution in [0, 0.1) is 12.8 Å². The molecule has 5 nitrogen and oxygen atoms in total. The van der Waals surface area contributed by atoms with Crippen molar-refractivity contribution in [3.05, 3.63) is 10.6 Å². The number of carbonyl (C=O) groups excluding carboxylic acids is 2. The predicted molar refractivity (Wildman–Crippen MR) is 64.4 cm³/mol. The van der Waals surface area contributed by atoms with Crippen molar-refractivity contribution in [2.75, 3.05) is 18.1 Å². The molecule has 0 saturated carbocycles. The van der Waals surface area contributed by atoms with Crippen molar-refractivity contribution in [2.45, 2.75) is 20.3 Å². The smallest absolute Gasteiger partial charge is 0.229 e. The van der Waals surface area contributed by atoms with Crippen molar-refractivity contribution in [3.8, 4) is 0 Å². The highest BCUT2D eigenvalue weighted by Gasteiger charge is 2.32. The summed E-state index contributed by atoms with van der Waals surface area (Å²) >= 11 is 1.24. The molecular formula is C11H14N2O3S. The second-order valence-corrected chi connectivity index (χ2v) is 5.20. The van der Waals surface area contributed by atoms with Crippen LogP contribution in [-0.4, -0.2) is 34.9 Å². The Bertz CT molecular complexity index is 469. The Morgan fingerprint density at radius 2 is 2.35 bits per heavy atom. The van der Waals surface area contributed by atoms with Gasteiger partial charge in [-0.2, -0.15) is 0 Å². The number of hydrogen-bond acceptors (Lipinski definition) is 5. The first-order chi connectivity index (χ1) is 8.02. The summed E-state index contributed by atoms with van der Waals surface area (Å²) in [6.45, 7) is 3.75. The van der Waals surface area contributed by atoms with E-state index in [1.165, 1.54) is 18.3 Å². The number of aliphatic hydroxyl groups excluding tert-OH is 1. The average molecular weight is 254 g/mol. The maximum absolute atomic E-state index is 11.7. The van der Waals surface area contributed by atoms with Gasteiger partial charge in [-0.1, -0.05) is 11.3 Å². The van der Waals surface area contributed by atoms with Gasteiger partial charge in [0.25, 0.3) is 0 Å². The van der Waals surface area contributed by atoms with E-state index in [4.69, 9.17) is 5.11 Å². The number of amides is 1. The highest BCUT2D eigenvalue weighted by atomic mass is 32.1. The van der Waals surface area contributed by atoms with E-state index < -0.39 is 0 Å². The SMILES string of the molecule is CC(=O)c1sc(N2CC(CO)CC2=O)nc1C. The summed E-state index contributed by atoms with van der Waals surface area (Å²) < 4.78 is 0. The maximum atomic E-state index is 11.7. The molecule has 17 heavy (non-hydrogen) atoms. The molecule has 1 saturated heterocycles. The van der Waals surface area contributed by atoms with Gasteiger partial charge in [0, 0.05) is 32.4 Å². The highest BCUT2D eigenvalue weighted by molar-refractivity contribution is 7.17. The molecule has 1 N–H and O–H groups in total. The second-order valence-electron chi connectivity index (χ2n) is 4.22. The lowest BCUT2D eigenvalue weighted by molar-refractivity contribution is -0.117. The molecule has 1 aliphatic heterocycles. The number of anilines is 1. The number of rotatable bonds is 3. The first kappa shape index (κ1) is 12.2. The van der Waals surface area contributed by atoms with Crippen LogP contribution in [0.4, 0.5) is 5.13 Å². The zero-order valence-electron chi connectivity index (χ0n) is 9.77. The van der Waals surface area contributed by atoms with Crippen molar-refractivity contribution < 1.29 is 14.7 Å². The summed E-state index contributed by atoms with van der Waals surface area (Å²) in [6, 6.07) is 0. The summed E-state index contributed by atoms with van der Waals surface area (Å²) in [5.41, 5.74) is 0.665. The summed E-state index contributed by atoms with van der Waals surface area (Å²) in [4.78, 5) is 29.5. The summed E-state index contributed by atoms with van der Waals surface area (Å²) in [5.74, 6) is -0.0861. The van der Waals surface area contributed by atoms with Gasteiger partial charge in [0.1, 0.15) is 0 Å². The van der Waals surface area contributed by atoms with Gasteiger partial charge in [0.2, 0.25) is 5.91 Å². The van der Waals surface area contributed by atoms with E-state index in [-0.39, 0.29) is 24.2 Å². The van der Waals surface area contributed by atoms with Gasteiger partial charge in [0.15, 0.2) is 10.9 Å². The van der Waals surface area contributed by atoms with Crippen LogP contribution in [0.15, 0.2) is 0 Å². The molecular weight excluding hydrogens is 240 g/mol. The van der Waals surface area contributed by atoms with E-state index in [0.717, 1.165) is 0 Å². The van der Waals surface area contributed by atoms with Gasteiger partial charge in [-0.15, -0.1) is 0 Å². The number of thiazole rings is 1. The maximum Gasteiger partial charge on any atom is 0.229 e. The van der Waals surface area contributed by atoms with Crippen LogP contribution in [0.2, 0.25) is 0 Å². The molecule has 1 aliphatic rings. The molecule has 0 spiro atoms. The molecule has 0 aliphatic carbocycles. The van der Waals surface area contributed by atoms with Crippen molar-refractivity contribution in [3.63, 3.8) is 0 Å². The topological polar surface area (TPSA) is 70.5 Å². The number of aryl methyl sites for hydroxylation is 1. The Kier molecular flexibility index (Phi) is 3.26. The number of ketones is 1. The van der Waals surface area contributed by atoms with Gasteiger partial charge in [-0.25, -0.2) is 4.98 Å². The third kappa shape index (κ3) is 2.23. The fourth-order valence-electron chi connectivity index (χ4n) is 1.91. The van der Waals surface area contributed by atoms with E-state index in [1.54, 1.807) is 11.8 Å². The third-order valence-electron chi connectivity index (χ3n) is 2.80. The van der Waals surface area contributed by atoms with Crippen LogP contribution in [0.3, 0.4) is 0 Å².